The Labute approximate surface area is 166 Å². The number of carbonyl (C=O) groups excluding carboxylic acids is 1. The Morgan fingerprint density at radius 3 is 2.54 bits per heavy atom. The van der Waals surface area contributed by atoms with Crippen molar-refractivity contribution in [3.05, 3.63) is 53.6 Å². The second kappa shape index (κ2) is 8.52. The van der Waals surface area contributed by atoms with E-state index in [9.17, 15) is 4.79 Å². The number of anilines is 1. The molecule has 2 aromatic carbocycles. The second-order valence-corrected chi connectivity index (χ2v) is 7.38. The van der Waals surface area contributed by atoms with Gasteiger partial charge in [-0.3, -0.25) is 4.79 Å². The molecule has 0 saturated carbocycles. The zero-order valence-corrected chi connectivity index (χ0v) is 16.3. The lowest BCUT2D eigenvalue weighted by atomic mass is 10.1. The summed E-state index contributed by atoms with van der Waals surface area (Å²) in [7, 11) is 2.17. The normalized spacial score (nSPS) is 16.2. The zero-order chi connectivity index (χ0) is 19.3. The topological polar surface area (TPSA) is 54.0 Å². The maximum Gasteiger partial charge on any atom is 0.251 e. The summed E-state index contributed by atoms with van der Waals surface area (Å²) >= 11 is 0. The van der Waals surface area contributed by atoms with E-state index in [2.05, 4.69) is 46.4 Å². The first-order valence-electron chi connectivity index (χ1n) is 9.89. The van der Waals surface area contributed by atoms with Gasteiger partial charge in [0.25, 0.3) is 5.91 Å². The van der Waals surface area contributed by atoms with E-state index in [1.54, 1.807) is 18.2 Å². The number of nitrogens with zero attached hydrogens (tertiary/aromatic N) is 2. The number of benzene rings is 2. The van der Waals surface area contributed by atoms with E-state index in [1.165, 1.54) is 11.3 Å². The molecular weight excluding hydrogens is 354 g/mol. The SMILES string of the molecule is CN1CCN(c2ccc(CCCNC(=O)c3ccc4c(c3)OCO4)cc2)CC1. The minimum atomic E-state index is -0.0799. The number of aryl methyl sites for hydroxylation is 1. The van der Waals surface area contributed by atoms with Crippen molar-refractivity contribution in [1.29, 1.82) is 0 Å². The molecule has 0 spiro atoms. The molecule has 0 unspecified atom stereocenters. The van der Waals surface area contributed by atoms with Crippen molar-refractivity contribution >= 4 is 11.6 Å². The molecule has 4 rings (SSSR count). The first kappa shape index (κ1) is 18.6. The molecule has 1 fully saturated rings. The highest BCUT2D eigenvalue weighted by Gasteiger charge is 2.16. The molecule has 1 saturated heterocycles. The van der Waals surface area contributed by atoms with E-state index >= 15 is 0 Å². The van der Waals surface area contributed by atoms with Crippen LogP contribution in [0.15, 0.2) is 42.5 Å². The van der Waals surface area contributed by atoms with Crippen LogP contribution in [0.1, 0.15) is 22.3 Å². The fourth-order valence-electron chi connectivity index (χ4n) is 3.57. The maximum atomic E-state index is 12.3. The highest BCUT2D eigenvalue weighted by atomic mass is 16.7. The molecule has 2 aromatic rings. The summed E-state index contributed by atoms with van der Waals surface area (Å²) in [6.45, 7) is 5.26. The van der Waals surface area contributed by atoms with Gasteiger partial charge in [-0.1, -0.05) is 12.1 Å². The van der Waals surface area contributed by atoms with Crippen LogP contribution >= 0.6 is 0 Å². The Hall–Kier alpha value is -2.73. The van der Waals surface area contributed by atoms with Crippen molar-refractivity contribution in [2.45, 2.75) is 12.8 Å². The van der Waals surface area contributed by atoms with Crippen molar-refractivity contribution in [3.63, 3.8) is 0 Å². The van der Waals surface area contributed by atoms with Gasteiger partial charge >= 0.3 is 0 Å². The molecule has 6 heteroatoms. The van der Waals surface area contributed by atoms with Crippen LogP contribution in [0.5, 0.6) is 11.5 Å². The molecule has 2 aliphatic heterocycles. The molecule has 1 N–H and O–H groups in total. The number of likely N-dealkylation sites (N-methyl/N-ethyl adjacent to an activating group) is 1. The predicted octanol–water partition coefficient (Wildman–Crippen LogP) is 2.53. The van der Waals surface area contributed by atoms with Gasteiger partial charge in [0.15, 0.2) is 11.5 Å². The number of rotatable bonds is 6. The molecule has 148 valence electrons. The Morgan fingerprint density at radius 2 is 1.75 bits per heavy atom. The van der Waals surface area contributed by atoms with Crippen molar-refractivity contribution in [1.82, 2.24) is 10.2 Å². The van der Waals surface area contributed by atoms with Crippen molar-refractivity contribution in [2.24, 2.45) is 0 Å². The van der Waals surface area contributed by atoms with Crippen LogP contribution in [0.4, 0.5) is 5.69 Å². The Balaban J connectivity index is 1.21. The molecular formula is C22H27N3O3. The van der Waals surface area contributed by atoms with E-state index in [-0.39, 0.29) is 12.7 Å². The lowest BCUT2D eigenvalue weighted by Crippen LogP contribution is -2.44. The van der Waals surface area contributed by atoms with Crippen LogP contribution in [-0.2, 0) is 6.42 Å². The van der Waals surface area contributed by atoms with Crippen molar-refractivity contribution in [2.75, 3.05) is 51.5 Å². The first-order valence-corrected chi connectivity index (χ1v) is 9.89. The van der Waals surface area contributed by atoms with Gasteiger partial charge in [-0.05, 0) is 55.8 Å². The summed E-state index contributed by atoms with van der Waals surface area (Å²) < 4.78 is 10.6. The van der Waals surface area contributed by atoms with Gasteiger partial charge < -0.3 is 24.6 Å². The van der Waals surface area contributed by atoms with E-state index in [1.807, 2.05) is 0 Å². The number of amides is 1. The number of hydrogen-bond acceptors (Lipinski definition) is 5. The summed E-state index contributed by atoms with van der Waals surface area (Å²) in [5.74, 6) is 1.24. The molecule has 28 heavy (non-hydrogen) atoms. The van der Waals surface area contributed by atoms with Gasteiger partial charge in [-0.15, -0.1) is 0 Å². The van der Waals surface area contributed by atoms with E-state index in [0.717, 1.165) is 39.0 Å². The highest BCUT2D eigenvalue weighted by Crippen LogP contribution is 2.32. The monoisotopic (exact) mass is 381 g/mol. The lowest BCUT2D eigenvalue weighted by Gasteiger charge is -2.34. The molecule has 2 aliphatic rings. The molecule has 2 heterocycles. The van der Waals surface area contributed by atoms with E-state index in [4.69, 9.17) is 9.47 Å². The largest absolute Gasteiger partial charge is 0.454 e. The molecule has 0 aliphatic carbocycles. The summed E-state index contributed by atoms with van der Waals surface area (Å²) in [5, 5.41) is 2.98. The smallest absolute Gasteiger partial charge is 0.251 e. The Morgan fingerprint density at radius 1 is 1.00 bits per heavy atom. The van der Waals surface area contributed by atoms with Crippen LogP contribution in [0, 0.1) is 0 Å². The minimum Gasteiger partial charge on any atom is -0.454 e. The van der Waals surface area contributed by atoms with E-state index in [0.29, 0.717) is 23.6 Å². The number of ether oxygens (including phenoxy) is 2. The molecule has 0 bridgehead atoms. The highest BCUT2D eigenvalue weighted by molar-refractivity contribution is 5.94. The standard InChI is InChI=1S/C22H27N3O3/c1-24-11-13-25(14-12-24)19-7-4-17(5-8-19)3-2-10-23-22(26)18-6-9-20-21(15-18)28-16-27-20/h4-9,15H,2-3,10-14,16H2,1H3,(H,23,26). The predicted molar refractivity (Wildman–Crippen MR) is 109 cm³/mol. The number of fused-ring (bicyclic) bond motifs is 1. The van der Waals surface area contributed by atoms with Gasteiger partial charge in [-0.2, -0.15) is 0 Å². The van der Waals surface area contributed by atoms with Crippen LogP contribution in [-0.4, -0.2) is 57.4 Å². The Bertz CT molecular complexity index is 814. The zero-order valence-electron chi connectivity index (χ0n) is 16.3. The molecule has 0 radical (unpaired) electrons. The Kier molecular flexibility index (Phi) is 5.67. The van der Waals surface area contributed by atoms with Crippen LogP contribution in [0.25, 0.3) is 0 Å². The fraction of sp³-hybridized carbons (Fsp3) is 0.409. The third-order valence-corrected chi connectivity index (χ3v) is 5.37. The molecule has 0 atom stereocenters. The molecule has 1 amide bonds. The first-order chi connectivity index (χ1) is 13.7. The minimum absolute atomic E-state index is 0.0799. The third-order valence-electron chi connectivity index (χ3n) is 5.37. The molecule has 0 aromatic heterocycles. The van der Waals surface area contributed by atoms with Gasteiger partial charge in [0.2, 0.25) is 6.79 Å². The van der Waals surface area contributed by atoms with Crippen molar-refractivity contribution < 1.29 is 14.3 Å². The summed E-state index contributed by atoms with van der Waals surface area (Å²) in [6, 6.07) is 14.1. The third kappa shape index (κ3) is 4.39. The second-order valence-electron chi connectivity index (χ2n) is 7.38. The summed E-state index contributed by atoms with van der Waals surface area (Å²) in [4.78, 5) is 17.1. The number of nitrogens with one attached hydrogen (secondary N) is 1. The van der Waals surface area contributed by atoms with Gasteiger partial charge in [0, 0.05) is 44.0 Å². The lowest BCUT2D eigenvalue weighted by molar-refractivity contribution is 0.0952. The average Bonchev–Trinajstić information content (AvgIpc) is 3.20. The average molecular weight is 381 g/mol. The number of hydrogen-bond donors (Lipinski definition) is 1. The summed E-state index contributed by atoms with van der Waals surface area (Å²) in [6.07, 6.45) is 1.86. The van der Waals surface area contributed by atoms with E-state index < -0.39 is 0 Å². The van der Waals surface area contributed by atoms with Crippen molar-refractivity contribution in [3.8, 4) is 11.5 Å². The van der Waals surface area contributed by atoms with Gasteiger partial charge in [0.1, 0.15) is 0 Å². The maximum absolute atomic E-state index is 12.3. The fourth-order valence-corrected chi connectivity index (χ4v) is 3.57. The number of carbonyl (C=O) groups is 1. The quantitative estimate of drug-likeness (QED) is 0.780. The summed E-state index contributed by atoms with van der Waals surface area (Å²) in [5.41, 5.74) is 3.20. The number of piperazine rings is 1. The molecule has 6 nitrogen and oxygen atoms in total. The van der Waals surface area contributed by atoms with Gasteiger partial charge in [-0.25, -0.2) is 0 Å². The van der Waals surface area contributed by atoms with Crippen LogP contribution in [0.3, 0.4) is 0 Å². The van der Waals surface area contributed by atoms with Crippen LogP contribution < -0.4 is 19.7 Å². The van der Waals surface area contributed by atoms with Crippen LogP contribution in [0.2, 0.25) is 0 Å². The van der Waals surface area contributed by atoms with Gasteiger partial charge in [0.05, 0.1) is 0 Å².